The molecule has 2 aromatic rings. The minimum Gasteiger partial charge on any atom is -0.376 e. The lowest BCUT2D eigenvalue weighted by atomic mass is 10.1. The summed E-state index contributed by atoms with van der Waals surface area (Å²) in [5, 5.41) is 7.54. The molecule has 1 atom stereocenters. The van der Waals surface area contributed by atoms with Crippen LogP contribution in [-0.2, 0) is 0 Å². The number of nitrogens with one attached hydrogen (secondary N) is 1. The molecule has 0 radical (unpaired) electrons. The van der Waals surface area contributed by atoms with Crippen molar-refractivity contribution in [1.29, 1.82) is 0 Å². The highest BCUT2D eigenvalue weighted by molar-refractivity contribution is 9.10. The molecule has 2 rings (SSSR count). The van der Waals surface area contributed by atoms with E-state index in [2.05, 4.69) is 64.5 Å². The van der Waals surface area contributed by atoms with Gasteiger partial charge in [-0.3, -0.25) is 4.79 Å². The molecule has 0 saturated carbocycles. The van der Waals surface area contributed by atoms with E-state index in [1.807, 2.05) is 13.8 Å². The Balaban J connectivity index is 2.26. The van der Waals surface area contributed by atoms with E-state index in [1.54, 1.807) is 6.20 Å². The van der Waals surface area contributed by atoms with Gasteiger partial charge in [0, 0.05) is 6.04 Å². The summed E-state index contributed by atoms with van der Waals surface area (Å²) in [5.74, 6) is 0. The number of hydrogen-bond acceptors (Lipinski definition) is 3. The highest BCUT2D eigenvalue weighted by atomic mass is 79.9. The van der Waals surface area contributed by atoms with E-state index in [9.17, 15) is 4.79 Å². The molecule has 0 amide bonds. The van der Waals surface area contributed by atoms with Gasteiger partial charge in [-0.05, 0) is 49.2 Å². The van der Waals surface area contributed by atoms with E-state index < -0.39 is 0 Å². The van der Waals surface area contributed by atoms with E-state index >= 15 is 0 Å². The minimum absolute atomic E-state index is 0.0392. The smallest absolute Gasteiger partial charge is 0.283 e. The third-order valence-electron chi connectivity index (χ3n) is 3.38. The van der Waals surface area contributed by atoms with Crippen molar-refractivity contribution in [2.45, 2.75) is 39.8 Å². The predicted molar refractivity (Wildman–Crippen MR) is 89.8 cm³/mol. The quantitative estimate of drug-likeness (QED) is 0.904. The molecular weight excluding hydrogens is 330 g/mol. The van der Waals surface area contributed by atoms with Gasteiger partial charge >= 0.3 is 0 Å². The zero-order valence-electron chi connectivity index (χ0n) is 12.7. The number of halogens is 1. The van der Waals surface area contributed by atoms with Crippen LogP contribution in [0.2, 0.25) is 0 Å². The summed E-state index contributed by atoms with van der Waals surface area (Å²) in [7, 11) is 0. The number of rotatable bonds is 4. The molecule has 0 bridgehead atoms. The van der Waals surface area contributed by atoms with Crippen LogP contribution >= 0.6 is 15.9 Å². The Bertz CT molecular complexity index is 677. The molecule has 112 valence electrons. The standard InChI is InChI=1S/C16H20BrN3O/c1-10(2)20-16(21)15(17)14(9-18-20)19-12(4)13-7-5-11(3)6-8-13/h5-10,12,19H,1-4H3. The highest BCUT2D eigenvalue weighted by Gasteiger charge is 2.13. The van der Waals surface area contributed by atoms with E-state index in [4.69, 9.17) is 0 Å². The van der Waals surface area contributed by atoms with Gasteiger partial charge in [-0.15, -0.1) is 0 Å². The maximum Gasteiger partial charge on any atom is 0.283 e. The maximum atomic E-state index is 12.2. The first-order chi connectivity index (χ1) is 9.90. The normalized spacial score (nSPS) is 12.5. The van der Waals surface area contributed by atoms with Gasteiger partial charge in [0.15, 0.2) is 0 Å². The topological polar surface area (TPSA) is 46.9 Å². The fourth-order valence-electron chi connectivity index (χ4n) is 2.09. The molecule has 21 heavy (non-hydrogen) atoms. The van der Waals surface area contributed by atoms with Crippen LogP contribution in [0.3, 0.4) is 0 Å². The maximum absolute atomic E-state index is 12.2. The molecule has 0 aliphatic heterocycles. The van der Waals surface area contributed by atoms with Crippen LogP contribution in [0, 0.1) is 6.92 Å². The number of aromatic nitrogens is 2. The molecule has 1 aromatic heterocycles. The van der Waals surface area contributed by atoms with Crippen LogP contribution in [0.15, 0.2) is 39.7 Å². The second-order valence-corrected chi connectivity index (χ2v) is 6.29. The number of aryl methyl sites for hydroxylation is 1. The summed E-state index contributed by atoms with van der Waals surface area (Å²) in [6, 6.07) is 8.47. The predicted octanol–water partition coefficient (Wildman–Crippen LogP) is 4.07. The van der Waals surface area contributed by atoms with Gasteiger partial charge in [0.1, 0.15) is 4.47 Å². The summed E-state index contributed by atoms with van der Waals surface area (Å²) in [6.45, 7) is 7.99. The minimum atomic E-state index is -0.119. The first-order valence-electron chi connectivity index (χ1n) is 7.00. The molecule has 0 saturated heterocycles. The molecule has 1 heterocycles. The Labute approximate surface area is 133 Å². The van der Waals surface area contributed by atoms with Crippen molar-refractivity contribution in [2.24, 2.45) is 0 Å². The lowest BCUT2D eigenvalue weighted by molar-refractivity contribution is 0.501. The Morgan fingerprint density at radius 2 is 1.81 bits per heavy atom. The van der Waals surface area contributed by atoms with Crippen molar-refractivity contribution >= 4 is 21.6 Å². The Morgan fingerprint density at radius 3 is 2.38 bits per heavy atom. The first kappa shape index (κ1) is 15.8. The van der Waals surface area contributed by atoms with Gasteiger partial charge in [-0.2, -0.15) is 5.10 Å². The van der Waals surface area contributed by atoms with E-state index in [0.717, 1.165) is 0 Å². The van der Waals surface area contributed by atoms with Crippen molar-refractivity contribution in [3.63, 3.8) is 0 Å². The molecule has 1 N–H and O–H groups in total. The zero-order chi connectivity index (χ0) is 15.6. The van der Waals surface area contributed by atoms with Crippen LogP contribution in [0.1, 0.15) is 44.0 Å². The van der Waals surface area contributed by atoms with Gasteiger partial charge in [-0.1, -0.05) is 29.8 Å². The van der Waals surface area contributed by atoms with Crippen LogP contribution in [0.4, 0.5) is 5.69 Å². The summed E-state index contributed by atoms with van der Waals surface area (Å²) < 4.78 is 1.98. The van der Waals surface area contributed by atoms with Gasteiger partial charge in [0.05, 0.1) is 17.9 Å². The van der Waals surface area contributed by atoms with Crippen molar-refractivity contribution in [2.75, 3.05) is 5.32 Å². The SMILES string of the molecule is Cc1ccc(C(C)Nc2cnn(C(C)C)c(=O)c2Br)cc1. The highest BCUT2D eigenvalue weighted by Crippen LogP contribution is 2.23. The zero-order valence-corrected chi connectivity index (χ0v) is 14.3. The molecule has 4 nitrogen and oxygen atoms in total. The van der Waals surface area contributed by atoms with Crippen LogP contribution in [0.25, 0.3) is 0 Å². The Hall–Kier alpha value is -1.62. The second-order valence-electron chi connectivity index (χ2n) is 5.49. The molecule has 1 unspecified atom stereocenters. The second kappa shape index (κ2) is 6.43. The van der Waals surface area contributed by atoms with Crippen molar-refractivity contribution in [3.05, 3.63) is 56.4 Å². The monoisotopic (exact) mass is 349 g/mol. The molecular formula is C16H20BrN3O. The summed E-state index contributed by atoms with van der Waals surface area (Å²) in [4.78, 5) is 12.2. The van der Waals surface area contributed by atoms with Crippen molar-refractivity contribution < 1.29 is 0 Å². The van der Waals surface area contributed by atoms with Crippen LogP contribution in [-0.4, -0.2) is 9.78 Å². The largest absolute Gasteiger partial charge is 0.376 e. The number of nitrogens with zero attached hydrogens (tertiary/aromatic N) is 2. The third kappa shape index (κ3) is 3.53. The average Bonchev–Trinajstić information content (AvgIpc) is 2.44. The van der Waals surface area contributed by atoms with Gasteiger partial charge in [-0.25, -0.2) is 4.68 Å². The Kier molecular flexibility index (Phi) is 4.83. The summed E-state index contributed by atoms with van der Waals surface area (Å²) in [5.41, 5.74) is 2.99. The van der Waals surface area contributed by atoms with E-state index in [-0.39, 0.29) is 17.6 Å². The van der Waals surface area contributed by atoms with E-state index in [0.29, 0.717) is 10.2 Å². The lowest BCUT2D eigenvalue weighted by Gasteiger charge is -2.18. The lowest BCUT2D eigenvalue weighted by Crippen LogP contribution is -2.26. The number of anilines is 1. The molecule has 0 spiro atoms. The van der Waals surface area contributed by atoms with Crippen LogP contribution < -0.4 is 10.9 Å². The average molecular weight is 350 g/mol. The number of benzene rings is 1. The third-order valence-corrected chi connectivity index (χ3v) is 4.15. The fraction of sp³-hybridized carbons (Fsp3) is 0.375. The molecule has 0 aliphatic rings. The van der Waals surface area contributed by atoms with Crippen molar-refractivity contribution in [3.8, 4) is 0 Å². The molecule has 5 heteroatoms. The fourth-order valence-corrected chi connectivity index (χ4v) is 2.48. The van der Waals surface area contributed by atoms with Gasteiger partial charge in [0.25, 0.3) is 5.56 Å². The van der Waals surface area contributed by atoms with Gasteiger partial charge in [0.2, 0.25) is 0 Å². The number of hydrogen-bond donors (Lipinski definition) is 1. The van der Waals surface area contributed by atoms with E-state index in [1.165, 1.54) is 15.8 Å². The Morgan fingerprint density at radius 1 is 1.19 bits per heavy atom. The molecule has 0 aliphatic carbocycles. The molecule has 1 aromatic carbocycles. The van der Waals surface area contributed by atoms with Crippen LogP contribution in [0.5, 0.6) is 0 Å². The first-order valence-corrected chi connectivity index (χ1v) is 7.80. The van der Waals surface area contributed by atoms with Crippen molar-refractivity contribution in [1.82, 2.24) is 9.78 Å². The summed E-state index contributed by atoms with van der Waals surface area (Å²) >= 11 is 3.38. The molecule has 0 fully saturated rings. The summed E-state index contributed by atoms with van der Waals surface area (Å²) in [6.07, 6.45) is 1.69. The van der Waals surface area contributed by atoms with Gasteiger partial charge < -0.3 is 5.32 Å².